The zero-order chi connectivity index (χ0) is 20.8. The van der Waals surface area contributed by atoms with Gasteiger partial charge in [-0.25, -0.2) is 4.68 Å². The highest BCUT2D eigenvalue weighted by Crippen LogP contribution is 2.34. The first-order valence-electron chi connectivity index (χ1n) is 8.74. The van der Waals surface area contributed by atoms with E-state index in [1.54, 1.807) is 12.1 Å². The van der Waals surface area contributed by atoms with Crippen LogP contribution in [0.5, 0.6) is 0 Å². The summed E-state index contributed by atoms with van der Waals surface area (Å²) in [6, 6.07) is 11.9. The number of amides is 1. The van der Waals surface area contributed by atoms with Crippen LogP contribution in [-0.2, 0) is 28.5 Å². The molecule has 1 aliphatic heterocycles. The van der Waals surface area contributed by atoms with E-state index in [9.17, 15) is 22.2 Å². The maximum Gasteiger partial charge on any atom is 0.417 e. The molecule has 5 nitrogen and oxygen atoms in total. The van der Waals surface area contributed by atoms with Crippen LogP contribution in [0.25, 0.3) is 5.69 Å². The Bertz CT molecular complexity index is 1120. The van der Waals surface area contributed by atoms with Crippen LogP contribution in [0.3, 0.4) is 0 Å². The quantitative estimate of drug-likeness (QED) is 0.692. The van der Waals surface area contributed by atoms with E-state index in [1.807, 2.05) is 19.1 Å². The van der Waals surface area contributed by atoms with Crippen LogP contribution in [-0.4, -0.2) is 19.9 Å². The number of rotatable bonds is 3. The van der Waals surface area contributed by atoms with E-state index < -0.39 is 34.0 Å². The van der Waals surface area contributed by atoms with E-state index in [4.69, 9.17) is 0 Å². The van der Waals surface area contributed by atoms with E-state index in [0.29, 0.717) is 16.9 Å². The Labute approximate surface area is 167 Å². The van der Waals surface area contributed by atoms with E-state index >= 15 is 0 Å². The SMILES string of the molecule is Cc1ccc(-n2nc3c(c2NC(=O)c2ccccc2C(F)(F)F)C[S@@](=O)C3)cc1. The lowest BCUT2D eigenvalue weighted by molar-refractivity contribution is -0.137. The molecule has 29 heavy (non-hydrogen) atoms. The Balaban J connectivity index is 1.77. The molecule has 1 aromatic heterocycles. The Hall–Kier alpha value is -2.94. The minimum absolute atomic E-state index is 0.192. The summed E-state index contributed by atoms with van der Waals surface area (Å²) in [5.41, 5.74) is 1.34. The summed E-state index contributed by atoms with van der Waals surface area (Å²) in [6.07, 6.45) is -4.66. The number of fused-ring (bicyclic) bond motifs is 1. The van der Waals surface area contributed by atoms with Crippen molar-refractivity contribution in [2.45, 2.75) is 24.6 Å². The third-order valence-electron chi connectivity index (χ3n) is 4.66. The number of nitrogens with one attached hydrogen (secondary N) is 1. The lowest BCUT2D eigenvalue weighted by Gasteiger charge is -2.14. The highest BCUT2D eigenvalue weighted by molar-refractivity contribution is 7.83. The molecular weight excluding hydrogens is 403 g/mol. The second kappa shape index (κ2) is 7.14. The molecule has 9 heteroatoms. The molecule has 0 radical (unpaired) electrons. The van der Waals surface area contributed by atoms with Crippen molar-refractivity contribution in [1.82, 2.24) is 9.78 Å². The fourth-order valence-electron chi connectivity index (χ4n) is 3.23. The van der Waals surface area contributed by atoms with Gasteiger partial charge in [0.1, 0.15) is 5.82 Å². The third kappa shape index (κ3) is 3.69. The molecule has 2 heterocycles. The molecule has 1 atom stereocenters. The van der Waals surface area contributed by atoms with E-state index in [-0.39, 0.29) is 17.3 Å². The lowest BCUT2D eigenvalue weighted by Crippen LogP contribution is -2.21. The van der Waals surface area contributed by atoms with Gasteiger partial charge >= 0.3 is 6.18 Å². The molecule has 4 rings (SSSR count). The van der Waals surface area contributed by atoms with Crippen LogP contribution >= 0.6 is 0 Å². The number of carbonyl (C=O) groups excluding carboxylic acids is 1. The molecule has 2 aromatic carbocycles. The first-order chi connectivity index (χ1) is 13.7. The second-order valence-corrected chi connectivity index (χ2v) is 8.20. The van der Waals surface area contributed by atoms with Gasteiger partial charge in [-0.2, -0.15) is 18.3 Å². The average Bonchev–Trinajstić information content (AvgIpc) is 3.19. The van der Waals surface area contributed by atoms with Gasteiger partial charge in [0.25, 0.3) is 5.91 Å². The average molecular weight is 419 g/mol. The van der Waals surface area contributed by atoms with Crippen LogP contribution in [0.1, 0.15) is 32.7 Å². The number of anilines is 1. The Kier molecular flexibility index (Phi) is 4.77. The predicted octanol–water partition coefficient (Wildman–Crippen LogP) is 4.21. The lowest BCUT2D eigenvalue weighted by atomic mass is 10.1. The summed E-state index contributed by atoms with van der Waals surface area (Å²) >= 11 is 0. The van der Waals surface area contributed by atoms with Crippen LogP contribution in [0.2, 0.25) is 0 Å². The normalized spacial score (nSPS) is 15.9. The summed E-state index contributed by atoms with van der Waals surface area (Å²) < 4.78 is 53.3. The molecule has 1 amide bonds. The van der Waals surface area contributed by atoms with Gasteiger partial charge in [-0.1, -0.05) is 29.8 Å². The number of halogens is 3. The number of hydrogen-bond donors (Lipinski definition) is 1. The number of alkyl halides is 3. The number of benzene rings is 2. The van der Waals surface area contributed by atoms with Crippen LogP contribution < -0.4 is 5.32 Å². The van der Waals surface area contributed by atoms with Gasteiger partial charge < -0.3 is 5.32 Å². The maximum absolute atomic E-state index is 13.3. The Morgan fingerprint density at radius 3 is 2.48 bits per heavy atom. The molecule has 0 fully saturated rings. The van der Waals surface area contributed by atoms with Crippen molar-refractivity contribution >= 4 is 22.5 Å². The summed E-state index contributed by atoms with van der Waals surface area (Å²) in [5, 5.41) is 7.03. The van der Waals surface area contributed by atoms with Gasteiger partial charge in [0.05, 0.1) is 34.0 Å². The van der Waals surface area contributed by atoms with Gasteiger partial charge in [-0.15, -0.1) is 0 Å². The highest BCUT2D eigenvalue weighted by atomic mass is 32.2. The molecule has 150 valence electrons. The smallest absolute Gasteiger partial charge is 0.306 e. The third-order valence-corrected chi connectivity index (χ3v) is 5.86. The van der Waals surface area contributed by atoms with Crippen molar-refractivity contribution in [2.24, 2.45) is 0 Å². The van der Waals surface area contributed by atoms with Gasteiger partial charge in [0, 0.05) is 16.4 Å². The monoisotopic (exact) mass is 419 g/mol. The summed E-state index contributed by atoms with van der Waals surface area (Å²) in [5.74, 6) is -0.211. The van der Waals surface area contributed by atoms with E-state index in [2.05, 4.69) is 10.4 Å². The minimum atomic E-state index is -4.66. The Morgan fingerprint density at radius 1 is 1.10 bits per heavy atom. The predicted molar refractivity (Wildman–Crippen MR) is 103 cm³/mol. The number of carbonyl (C=O) groups is 1. The Morgan fingerprint density at radius 2 is 1.79 bits per heavy atom. The summed E-state index contributed by atoms with van der Waals surface area (Å²) in [6.45, 7) is 1.92. The number of hydrogen-bond acceptors (Lipinski definition) is 3. The van der Waals surface area contributed by atoms with Crippen molar-refractivity contribution in [2.75, 3.05) is 5.32 Å². The van der Waals surface area contributed by atoms with Gasteiger partial charge in [0.2, 0.25) is 0 Å². The number of aromatic nitrogens is 2. The fourth-order valence-corrected chi connectivity index (χ4v) is 4.50. The molecule has 1 N–H and O–H groups in total. The summed E-state index contributed by atoms with van der Waals surface area (Å²) in [7, 11) is -1.15. The molecule has 0 bridgehead atoms. The molecule has 3 aromatic rings. The number of aryl methyl sites for hydroxylation is 1. The topological polar surface area (TPSA) is 64.0 Å². The first kappa shape index (κ1) is 19.4. The van der Waals surface area contributed by atoms with Crippen LogP contribution in [0, 0.1) is 6.92 Å². The number of nitrogens with zero attached hydrogens (tertiary/aromatic N) is 2. The van der Waals surface area contributed by atoms with E-state index in [0.717, 1.165) is 17.7 Å². The zero-order valence-corrected chi connectivity index (χ0v) is 16.1. The van der Waals surface area contributed by atoms with Crippen LogP contribution in [0.4, 0.5) is 19.0 Å². The van der Waals surface area contributed by atoms with Gasteiger partial charge in [0.15, 0.2) is 0 Å². The van der Waals surface area contributed by atoms with Crippen molar-refractivity contribution in [1.29, 1.82) is 0 Å². The molecule has 0 spiro atoms. The van der Waals surface area contributed by atoms with Crippen LogP contribution in [0.15, 0.2) is 48.5 Å². The second-order valence-electron chi connectivity index (χ2n) is 6.75. The van der Waals surface area contributed by atoms with Crippen molar-refractivity contribution in [3.05, 3.63) is 76.5 Å². The van der Waals surface area contributed by atoms with Crippen molar-refractivity contribution in [3.63, 3.8) is 0 Å². The highest BCUT2D eigenvalue weighted by Gasteiger charge is 2.36. The van der Waals surface area contributed by atoms with Crippen molar-refractivity contribution in [3.8, 4) is 5.69 Å². The van der Waals surface area contributed by atoms with Crippen molar-refractivity contribution < 1.29 is 22.2 Å². The fraction of sp³-hybridized carbons (Fsp3) is 0.200. The molecule has 0 unspecified atom stereocenters. The molecule has 0 saturated heterocycles. The minimum Gasteiger partial charge on any atom is -0.306 e. The van der Waals surface area contributed by atoms with Gasteiger partial charge in [-0.3, -0.25) is 9.00 Å². The molecule has 0 aliphatic carbocycles. The largest absolute Gasteiger partial charge is 0.417 e. The summed E-state index contributed by atoms with van der Waals surface area (Å²) in [4.78, 5) is 12.8. The first-order valence-corrected chi connectivity index (χ1v) is 10.2. The molecular formula is C20H16F3N3O2S. The zero-order valence-electron chi connectivity index (χ0n) is 15.3. The van der Waals surface area contributed by atoms with Gasteiger partial charge in [-0.05, 0) is 31.2 Å². The standard InChI is InChI=1S/C20H16F3N3O2S/c1-12-6-8-13(9-7-12)26-18(15-10-29(28)11-17(15)25-26)24-19(27)14-4-2-3-5-16(14)20(21,22)23/h2-9H,10-11H2,1H3,(H,24,27)/t29-/m1/s1. The molecule has 1 aliphatic rings. The molecule has 0 saturated carbocycles. The van der Waals surface area contributed by atoms with E-state index in [1.165, 1.54) is 16.8 Å². The maximum atomic E-state index is 13.3.